The summed E-state index contributed by atoms with van der Waals surface area (Å²) in [6.45, 7) is 4.14. The number of aryl methyl sites for hydroxylation is 1. The summed E-state index contributed by atoms with van der Waals surface area (Å²) in [6.07, 6.45) is 3.28. The van der Waals surface area contributed by atoms with Crippen LogP contribution in [0, 0.1) is 0 Å². The SMILES string of the molecule is CCNCC(=O)N(C)CCCCc1ccccc1. The van der Waals surface area contributed by atoms with Crippen LogP contribution in [-0.2, 0) is 11.2 Å². The number of benzene rings is 1. The first-order valence-corrected chi connectivity index (χ1v) is 6.72. The third-order valence-corrected chi connectivity index (χ3v) is 3.00. The third-order valence-electron chi connectivity index (χ3n) is 3.00. The molecule has 0 aliphatic rings. The summed E-state index contributed by atoms with van der Waals surface area (Å²) >= 11 is 0. The lowest BCUT2D eigenvalue weighted by molar-refractivity contribution is -0.129. The molecule has 0 fully saturated rings. The van der Waals surface area contributed by atoms with Crippen LogP contribution >= 0.6 is 0 Å². The number of unbranched alkanes of at least 4 members (excludes halogenated alkanes) is 1. The number of hydrogen-bond donors (Lipinski definition) is 1. The Kier molecular flexibility index (Phi) is 7.11. The maximum Gasteiger partial charge on any atom is 0.236 e. The summed E-state index contributed by atoms with van der Waals surface area (Å²) in [4.78, 5) is 13.4. The van der Waals surface area contributed by atoms with Crippen molar-refractivity contribution in [2.24, 2.45) is 0 Å². The number of nitrogens with zero attached hydrogens (tertiary/aromatic N) is 1. The van der Waals surface area contributed by atoms with Crippen molar-refractivity contribution in [2.45, 2.75) is 26.2 Å². The van der Waals surface area contributed by atoms with Crippen molar-refractivity contribution >= 4 is 5.91 Å². The maximum atomic E-state index is 11.6. The molecular formula is C15H24N2O. The Morgan fingerprint density at radius 2 is 1.94 bits per heavy atom. The summed E-state index contributed by atoms with van der Waals surface area (Å²) in [5, 5.41) is 3.05. The molecular weight excluding hydrogens is 224 g/mol. The molecule has 0 bridgehead atoms. The van der Waals surface area contributed by atoms with Gasteiger partial charge in [0.2, 0.25) is 5.91 Å². The molecule has 0 atom stereocenters. The average molecular weight is 248 g/mol. The fourth-order valence-electron chi connectivity index (χ4n) is 1.81. The molecule has 3 heteroatoms. The first kappa shape index (κ1) is 14.7. The maximum absolute atomic E-state index is 11.6. The quantitative estimate of drug-likeness (QED) is 0.714. The predicted octanol–water partition coefficient (Wildman–Crippen LogP) is 2.08. The monoisotopic (exact) mass is 248 g/mol. The van der Waals surface area contributed by atoms with Gasteiger partial charge < -0.3 is 10.2 Å². The van der Waals surface area contributed by atoms with Crippen molar-refractivity contribution in [1.29, 1.82) is 0 Å². The van der Waals surface area contributed by atoms with E-state index in [9.17, 15) is 4.79 Å². The van der Waals surface area contributed by atoms with Crippen LogP contribution in [-0.4, -0.2) is 37.5 Å². The molecule has 0 spiro atoms. The molecule has 0 saturated carbocycles. The molecule has 1 aromatic carbocycles. The molecule has 0 heterocycles. The number of hydrogen-bond acceptors (Lipinski definition) is 2. The Morgan fingerprint density at radius 3 is 2.61 bits per heavy atom. The predicted molar refractivity (Wildman–Crippen MR) is 75.6 cm³/mol. The zero-order chi connectivity index (χ0) is 13.2. The van der Waals surface area contributed by atoms with Crippen molar-refractivity contribution in [3.8, 4) is 0 Å². The molecule has 0 aromatic heterocycles. The summed E-state index contributed by atoms with van der Waals surface area (Å²) in [6, 6.07) is 10.5. The molecule has 0 saturated heterocycles. The Hall–Kier alpha value is -1.35. The van der Waals surface area contributed by atoms with E-state index >= 15 is 0 Å². The lowest BCUT2D eigenvalue weighted by Crippen LogP contribution is -2.36. The Labute approximate surface area is 110 Å². The van der Waals surface area contributed by atoms with E-state index in [-0.39, 0.29) is 5.91 Å². The molecule has 1 rings (SSSR count). The van der Waals surface area contributed by atoms with Gasteiger partial charge in [0.1, 0.15) is 0 Å². The minimum Gasteiger partial charge on any atom is -0.345 e. The Morgan fingerprint density at radius 1 is 1.22 bits per heavy atom. The number of nitrogens with one attached hydrogen (secondary N) is 1. The van der Waals surface area contributed by atoms with Gasteiger partial charge in [0.05, 0.1) is 6.54 Å². The number of carbonyl (C=O) groups is 1. The van der Waals surface area contributed by atoms with Gasteiger partial charge in [-0.25, -0.2) is 0 Å². The van der Waals surface area contributed by atoms with Crippen LogP contribution in [0.2, 0.25) is 0 Å². The fourth-order valence-corrected chi connectivity index (χ4v) is 1.81. The van der Waals surface area contributed by atoms with Gasteiger partial charge in [-0.15, -0.1) is 0 Å². The summed E-state index contributed by atoms with van der Waals surface area (Å²) in [5.41, 5.74) is 1.37. The molecule has 0 radical (unpaired) electrons. The van der Waals surface area contributed by atoms with E-state index in [1.807, 2.05) is 24.9 Å². The van der Waals surface area contributed by atoms with Crippen molar-refractivity contribution in [1.82, 2.24) is 10.2 Å². The molecule has 1 amide bonds. The summed E-state index contributed by atoms with van der Waals surface area (Å²) in [5.74, 6) is 0.177. The molecule has 100 valence electrons. The van der Waals surface area contributed by atoms with E-state index in [1.165, 1.54) is 5.56 Å². The highest BCUT2D eigenvalue weighted by Gasteiger charge is 2.06. The largest absolute Gasteiger partial charge is 0.345 e. The van der Waals surface area contributed by atoms with Crippen LogP contribution in [0.4, 0.5) is 0 Å². The van der Waals surface area contributed by atoms with E-state index < -0.39 is 0 Å². The van der Waals surface area contributed by atoms with Crippen molar-refractivity contribution in [3.63, 3.8) is 0 Å². The van der Waals surface area contributed by atoms with Crippen LogP contribution in [0.5, 0.6) is 0 Å². The molecule has 3 nitrogen and oxygen atoms in total. The lowest BCUT2D eigenvalue weighted by atomic mass is 10.1. The highest BCUT2D eigenvalue weighted by Crippen LogP contribution is 2.04. The van der Waals surface area contributed by atoms with E-state index in [4.69, 9.17) is 0 Å². The van der Waals surface area contributed by atoms with Crippen LogP contribution in [0.25, 0.3) is 0 Å². The zero-order valence-corrected chi connectivity index (χ0v) is 11.5. The second kappa shape index (κ2) is 8.70. The molecule has 18 heavy (non-hydrogen) atoms. The van der Waals surface area contributed by atoms with Crippen LogP contribution in [0.1, 0.15) is 25.3 Å². The van der Waals surface area contributed by atoms with Crippen LogP contribution < -0.4 is 5.32 Å². The topological polar surface area (TPSA) is 32.3 Å². The van der Waals surface area contributed by atoms with E-state index in [1.54, 1.807) is 0 Å². The highest BCUT2D eigenvalue weighted by molar-refractivity contribution is 5.77. The summed E-state index contributed by atoms with van der Waals surface area (Å²) in [7, 11) is 1.88. The third kappa shape index (κ3) is 5.82. The molecule has 0 aliphatic carbocycles. The number of carbonyl (C=O) groups excluding carboxylic acids is 1. The minimum atomic E-state index is 0.177. The lowest BCUT2D eigenvalue weighted by Gasteiger charge is -2.17. The van der Waals surface area contributed by atoms with Gasteiger partial charge in [-0.1, -0.05) is 37.3 Å². The second-order valence-electron chi connectivity index (χ2n) is 4.54. The van der Waals surface area contributed by atoms with Gasteiger partial charge in [0, 0.05) is 13.6 Å². The fraction of sp³-hybridized carbons (Fsp3) is 0.533. The van der Waals surface area contributed by atoms with Crippen molar-refractivity contribution < 1.29 is 4.79 Å². The van der Waals surface area contributed by atoms with E-state index in [0.717, 1.165) is 32.4 Å². The van der Waals surface area contributed by atoms with Crippen molar-refractivity contribution in [3.05, 3.63) is 35.9 Å². The molecule has 0 aliphatic heterocycles. The second-order valence-corrected chi connectivity index (χ2v) is 4.54. The number of likely N-dealkylation sites (N-methyl/N-ethyl adjacent to an activating group) is 2. The minimum absolute atomic E-state index is 0.177. The van der Waals surface area contributed by atoms with Gasteiger partial charge in [-0.05, 0) is 31.4 Å². The molecule has 1 N–H and O–H groups in total. The molecule has 1 aromatic rings. The normalized spacial score (nSPS) is 10.3. The standard InChI is InChI=1S/C15H24N2O/c1-3-16-13-15(18)17(2)12-8-7-11-14-9-5-4-6-10-14/h4-6,9-10,16H,3,7-8,11-13H2,1-2H3. The van der Waals surface area contributed by atoms with E-state index in [2.05, 4.69) is 29.6 Å². The van der Waals surface area contributed by atoms with E-state index in [0.29, 0.717) is 6.54 Å². The van der Waals surface area contributed by atoms with Gasteiger partial charge in [0.25, 0.3) is 0 Å². The number of rotatable bonds is 8. The first-order valence-electron chi connectivity index (χ1n) is 6.72. The first-order chi connectivity index (χ1) is 8.74. The van der Waals surface area contributed by atoms with Crippen LogP contribution in [0.15, 0.2) is 30.3 Å². The zero-order valence-electron chi connectivity index (χ0n) is 11.5. The highest BCUT2D eigenvalue weighted by atomic mass is 16.2. The van der Waals surface area contributed by atoms with Gasteiger partial charge in [0.15, 0.2) is 0 Å². The van der Waals surface area contributed by atoms with Crippen molar-refractivity contribution in [2.75, 3.05) is 26.7 Å². The van der Waals surface area contributed by atoms with Gasteiger partial charge in [-0.2, -0.15) is 0 Å². The summed E-state index contributed by atoms with van der Waals surface area (Å²) < 4.78 is 0. The Balaban J connectivity index is 2.12. The molecule has 0 unspecified atom stereocenters. The van der Waals surface area contributed by atoms with Crippen LogP contribution in [0.3, 0.4) is 0 Å². The van der Waals surface area contributed by atoms with Gasteiger partial charge in [-0.3, -0.25) is 4.79 Å². The average Bonchev–Trinajstić information content (AvgIpc) is 2.41. The van der Waals surface area contributed by atoms with Gasteiger partial charge >= 0.3 is 0 Å². The Bertz CT molecular complexity index is 338. The smallest absolute Gasteiger partial charge is 0.236 e. The number of amides is 1.